The molecule has 3 unspecified atom stereocenters. The highest BCUT2D eigenvalue weighted by Crippen LogP contribution is 2.27. The van der Waals surface area contributed by atoms with Gasteiger partial charge in [-0.15, -0.1) is 0 Å². The number of carbonyl (C=O) groups excluding carboxylic acids is 2. The van der Waals surface area contributed by atoms with E-state index in [1.165, 1.54) is 0 Å². The van der Waals surface area contributed by atoms with Gasteiger partial charge in [-0.25, -0.2) is 0 Å². The first kappa shape index (κ1) is 22.4. The van der Waals surface area contributed by atoms with Gasteiger partial charge < -0.3 is 9.84 Å². The van der Waals surface area contributed by atoms with Crippen LogP contribution in [-0.2, 0) is 14.3 Å². The van der Waals surface area contributed by atoms with Crippen LogP contribution in [0.3, 0.4) is 0 Å². The van der Waals surface area contributed by atoms with Crippen molar-refractivity contribution in [1.82, 2.24) is 0 Å². The van der Waals surface area contributed by atoms with Crippen molar-refractivity contribution in [2.24, 2.45) is 11.8 Å². The SMILES string of the molecule is CCCCCC(O)C=CC1C=CC(=O)C1CC=CCCCC(=O)OCC. The molecule has 0 aromatic rings. The summed E-state index contributed by atoms with van der Waals surface area (Å²) in [4.78, 5) is 23.3. The summed E-state index contributed by atoms with van der Waals surface area (Å²) in [7, 11) is 0. The van der Waals surface area contributed by atoms with Crippen LogP contribution in [0.4, 0.5) is 0 Å². The van der Waals surface area contributed by atoms with Crippen molar-refractivity contribution < 1.29 is 19.4 Å². The molecule has 0 bridgehead atoms. The molecule has 0 aliphatic heterocycles. The second kappa shape index (κ2) is 13.5. The van der Waals surface area contributed by atoms with Gasteiger partial charge in [-0.2, -0.15) is 0 Å². The lowest BCUT2D eigenvalue weighted by Gasteiger charge is -2.13. The maximum Gasteiger partial charge on any atom is 0.305 e. The maximum atomic E-state index is 12.0. The first-order valence-corrected chi connectivity index (χ1v) is 9.97. The Morgan fingerprint density at radius 2 is 2.08 bits per heavy atom. The number of allylic oxidation sites excluding steroid dienone is 5. The third kappa shape index (κ3) is 9.14. The van der Waals surface area contributed by atoms with Gasteiger partial charge >= 0.3 is 5.97 Å². The topological polar surface area (TPSA) is 63.6 Å². The van der Waals surface area contributed by atoms with E-state index in [9.17, 15) is 14.7 Å². The quantitative estimate of drug-likeness (QED) is 0.297. The Morgan fingerprint density at radius 1 is 1.27 bits per heavy atom. The van der Waals surface area contributed by atoms with Gasteiger partial charge in [-0.1, -0.05) is 56.6 Å². The highest BCUT2D eigenvalue weighted by molar-refractivity contribution is 5.95. The minimum atomic E-state index is -0.426. The molecular formula is C22H34O4. The number of aliphatic hydroxyl groups is 1. The highest BCUT2D eigenvalue weighted by Gasteiger charge is 2.27. The molecule has 26 heavy (non-hydrogen) atoms. The van der Waals surface area contributed by atoms with Gasteiger partial charge in [0.05, 0.1) is 12.7 Å². The van der Waals surface area contributed by atoms with Crippen molar-refractivity contribution in [2.45, 2.75) is 71.3 Å². The molecule has 0 spiro atoms. The molecule has 1 N–H and O–H groups in total. The van der Waals surface area contributed by atoms with E-state index in [0.29, 0.717) is 19.4 Å². The summed E-state index contributed by atoms with van der Waals surface area (Å²) in [6.07, 6.45) is 17.8. The van der Waals surface area contributed by atoms with Crippen LogP contribution in [0.1, 0.15) is 65.2 Å². The van der Waals surface area contributed by atoms with Crippen LogP contribution < -0.4 is 0 Å². The predicted octanol–water partition coefficient (Wildman–Crippen LogP) is 4.53. The molecule has 1 rings (SSSR count). The first-order chi connectivity index (χ1) is 12.6. The Labute approximate surface area is 158 Å². The van der Waals surface area contributed by atoms with Crippen LogP contribution in [0, 0.1) is 11.8 Å². The summed E-state index contributed by atoms with van der Waals surface area (Å²) in [6, 6.07) is 0. The summed E-state index contributed by atoms with van der Waals surface area (Å²) in [6.45, 7) is 4.37. The lowest BCUT2D eigenvalue weighted by molar-refractivity contribution is -0.143. The normalized spacial score (nSPS) is 21.1. The molecule has 0 radical (unpaired) electrons. The summed E-state index contributed by atoms with van der Waals surface area (Å²) in [5, 5.41) is 10.00. The molecule has 4 nitrogen and oxygen atoms in total. The van der Waals surface area contributed by atoms with Crippen molar-refractivity contribution in [3.8, 4) is 0 Å². The Hall–Kier alpha value is -1.68. The van der Waals surface area contributed by atoms with Crippen LogP contribution in [0.25, 0.3) is 0 Å². The highest BCUT2D eigenvalue weighted by atomic mass is 16.5. The van der Waals surface area contributed by atoms with Gasteiger partial charge in [0.2, 0.25) is 0 Å². The molecule has 0 fully saturated rings. The van der Waals surface area contributed by atoms with E-state index in [-0.39, 0.29) is 23.6 Å². The molecule has 0 saturated heterocycles. The number of ether oxygens (including phenoxy) is 1. The van der Waals surface area contributed by atoms with Gasteiger partial charge in [0.15, 0.2) is 5.78 Å². The maximum absolute atomic E-state index is 12.0. The van der Waals surface area contributed by atoms with E-state index in [1.807, 2.05) is 30.4 Å². The number of aliphatic hydroxyl groups excluding tert-OH is 1. The van der Waals surface area contributed by atoms with E-state index in [4.69, 9.17) is 4.74 Å². The van der Waals surface area contributed by atoms with E-state index in [1.54, 1.807) is 13.0 Å². The van der Waals surface area contributed by atoms with Gasteiger partial charge in [0.25, 0.3) is 0 Å². The van der Waals surface area contributed by atoms with E-state index >= 15 is 0 Å². The average Bonchev–Trinajstić information content (AvgIpc) is 2.96. The predicted molar refractivity (Wildman–Crippen MR) is 105 cm³/mol. The van der Waals surface area contributed by atoms with Crippen LogP contribution in [0.15, 0.2) is 36.5 Å². The summed E-state index contributed by atoms with van der Waals surface area (Å²) in [5.74, 6) is -0.0158. The summed E-state index contributed by atoms with van der Waals surface area (Å²) in [5.41, 5.74) is 0. The van der Waals surface area contributed by atoms with Crippen LogP contribution in [0.5, 0.6) is 0 Å². The molecule has 0 saturated carbocycles. The summed E-state index contributed by atoms with van der Waals surface area (Å²) >= 11 is 0. The second-order valence-corrected chi connectivity index (χ2v) is 6.80. The first-order valence-electron chi connectivity index (χ1n) is 9.97. The van der Waals surface area contributed by atoms with E-state index in [2.05, 4.69) is 6.92 Å². The van der Waals surface area contributed by atoms with Gasteiger partial charge in [0.1, 0.15) is 0 Å². The number of esters is 1. The van der Waals surface area contributed by atoms with E-state index < -0.39 is 6.10 Å². The zero-order valence-corrected chi connectivity index (χ0v) is 16.2. The molecule has 1 aliphatic carbocycles. The lowest BCUT2D eigenvalue weighted by Crippen LogP contribution is -2.14. The zero-order chi connectivity index (χ0) is 19.2. The molecular weight excluding hydrogens is 328 g/mol. The standard InChI is InChI=1S/C22H34O4/c1-3-5-8-11-19(23)16-14-18-15-17-21(24)20(18)12-9-6-7-10-13-22(25)26-4-2/h6,9,14-20,23H,3-5,7-8,10-13H2,1-2H3. The monoisotopic (exact) mass is 362 g/mol. The fraction of sp³-hybridized carbons (Fsp3) is 0.636. The lowest BCUT2D eigenvalue weighted by atomic mass is 9.90. The largest absolute Gasteiger partial charge is 0.466 e. The molecule has 4 heteroatoms. The van der Waals surface area contributed by atoms with Crippen molar-refractivity contribution in [1.29, 1.82) is 0 Å². The number of unbranched alkanes of at least 4 members (excludes halogenated alkanes) is 3. The Bertz CT molecular complexity index is 504. The van der Waals surface area contributed by atoms with Gasteiger partial charge in [-0.05, 0) is 38.7 Å². The van der Waals surface area contributed by atoms with Crippen LogP contribution in [0.2, 0.25) is 0 Å². The minimum Gasteiger partial charge on any atom is -0.466 e. The van der Waals surface area contributed by atoms with E-state index in [0.717, 1.165) is 38.5 Å². The number of rotatable bonds is 13. The number of ketones is 1. The van der Waals surface area contributed by atoms with Crippen molar-refractivity contribution in [3.05, 3.63) is 36.5 Å². The fourth-order valence-electron chi connectivity index (χ4n) is 3.04. The van der Waals surface area contributed by atoms with Crippen LogP contribution >= 0.6 is 0 Å². The van der Waals surface area contributed by atoms with Gasteiger partial charge in [-0.3, -0.25) is 9.59 Å². The number of hydrogen-bond acceptors (Lipinski definition) is 4. The molecule has 146 valence electrons. The Morgan fingerprint density at radius 3 is 2.81 bits per heavy atom. The molecule has 0 aromatic carbocycles. The minimum absolute atomic E-state index is 0.0625. The average molecular weight is 363 g/mol. The third-order valence-corrected chi connectivity index (χ3v) is 4.59. The Balaban J connectivity index is 2.34. The molecule has 0 heterocycles. The molecule has 3 atom stereocenters. The number of carbonyl (C=O) groups is 2. The van der Waals surface area contributed by atoms with Crippen molar-refractivity contribution in [3.63, 3.8) is 0 Å². The van der Waals surface area contributed by atoms with Crippen molar-refractivity contribution in [2.75, 3.05) is 6.61 Å². The fourth-order valence-corrected chi connectivity index (χ4v) is 3.04. The zero-order valence-electron chi connectivity index (χ0n) is 16.2. The third-order valence-electron chi connectivity index (χ3n) is 4.59. The van der Waals surface area contributed by atoms with Crippen molar-refractivity contribution >= 4 is 11.8 Å². The molecule has 1 aliphatic rings. The summed E-state index contributed by atoms with van der Waals surface area (Å²) < 4.78 is 4.89. The van der Waals surface area contributed by atoms with Crippen LogP contribution in [-0.4, -0.2) is 29.6 Å². The number of hydrogen-bond donors (Lipinski definition) is 1. The van der Waals surface area contributed by atoms with Gasteiger partial charge in [0, 0.05) is 18.3 Å². The Kier molecular flexibility index (Phi) is 11.6. The molecule has 0 aromatic heterocycles. The smallest absolute Gasteiger partial charge is 0.305 e. The molecule has 0 amide bonds. The second-order valence-electron chi connectivity index (χ2n) is 6.80.